The lowest BCUT2D eigenvalue weighted by Crippen LogP contribution is -2.29. The lowest BCUT2D eigenvalue weighted by molar-refractivity contribution is 0.372. The molecule has 0 amide bonds. The standard InChI is InChI=1S/C15H21N5O2S/c1-23(21,22)13-5-3-12(4-6-13)9-17-14-10-16-11-15(19-14)20-8-2-7-18-20/h2,7-8,10-13H,3-6,9H2,1H3,(H,17,19). The Morgan fingerprint density at radius 1 is 1.26 bits per heavy atom. The molecule has 0 radical (unpaired) electrons. The molecule has 8 heteroatoms. The lowest BCUT2D eigenvalue weighted by atomic mass is 9.89. The minimum Gasteiger partial charge on any atom is -0.368 e. The van der Waals surface area contributed by atoms with Crippen molar-refractivity contribution >= 4 is 15.7 Å². The SMILES string of the molecule is CS(=O)(=O)C1CCC(CNc2cncc(-n3cccn3)n2)CC1. The van der Waals surface area contributed by atoms with Crippen LogP contribution in [0.15, 0.2) is 30.9 Å². The van der Waals surface area contributed by atoms with E-state index in [0.29, 0.717) is 17.6 Å². The van der Waals surface area contributed by atoms with E-state index in [-0.39, 0.29) is 5.25 Å². The van der Waals surface area contributed by atoms with Gasteiger partial charge in [0, 0.05) is 25.2 Å². The Labute approximate surface area is 136 Å². The molecule has 2 heterocycles. The van der Waals surface area contributed by atoms with E-state index >= 15 is 0 Å². The predicted octanol–water partition coefficient (Wildman–Crippen LogP) is 1.68. The Morgan fingerprint density at radius 3 is 2.70 bits per heavy atom. The minimum absolute atomic E-state index is 0.165. The molecule has 0 bridgehead atoms. The highest BCUT2D eigenvalue weighted by atomic mass is 32.2. The van der Waals surface area contributed by atoms with Crippen LogP contribution in [0.5, 0.6) is 0 Å². The molecule has 2 aromatic heterocycles. The molecule has 1 N–H and O–H groups in total. The third-order valence-corrected chi connectivity index (χ3v) is 6.01. The fourth-order valence-corrected chi connectivity index (χ4v) is 4.10. The number of rotatable bonds is 5. The van der Waals surface area contributed by atoms with E-state index in [1.807, 2.05) is 12.3 Å². The van der Waals surface area contributed by atoms with E-state index in [2.05, 4.69) is 20.4 Å². The first-order chi connectivity index (χ1) is 11.0. The Morgan fingerprint density at radius 2 is 2.04 bits per heavy atom. The maximum Gasteiger partial charge on any atom is 0.173 e. The average molecular weight is 335 g/mol. The second kappa shape index (κ2) is 6.66. The molecule has 23 heavy (non-hydrogen) atoms. The molecule has 1 saturated carbocycles. The molecule has 0 aromatic carbocycles. The minimum atomic E-state index is -2.90. The summed E-state index contributed by atoms with van der Waals surface area (Å²) in [6.45, 7) is 0.785. The van der Waals surface area contributed by atoms with Gasteiger partial charge in [-0.1, -0.05) is 0 Å². The molecule has 124 valence electrons. The molecule has 0 atom stereocenters. The van der Waals surface area contributed by atoms with E-state index in [4.69, 9.17) is 0 Å². The van der Waals surface area contributed by atoms with Gasteiger partial charge in [-0.3, -0.25) is 4.98 Å². The van der Waals surface area contributed by atoms with E-state index in [9.17, 15) is 8.42 Å². The molecule has 1 aliphatic rings. The van der Waals surface area contributed by atoms with Crippen LogP contribution in [-0.2, 0) is 9.84 Å². The van der Waals surface area contributed by atoms with Crippen LogP contribution in [0.3, 0.4) is 0 Å². The zero-order valence-corrected chi connectivity index (χ0v) is 13.9. The molecule has 1 fully saturated rings. The number of nitrogens with zero attached hydrogens (tertiary/aromatic N) is 4. The number of aromatic nitrogens is 4. The summed E-state index contributed by atoms with van der Waals surface area (Å²) in [4.78, 5) is 8.67. The smallest absolute Gasteiger partial charge is 0.173 e. The Kier molecular flexibility index (Phi) is 4.61. The van der Waals surface area contributed by atoms with Crippen molar-refractivity contribution in [3.05, 3.63) is 30.9 Å². The first kappa shape index (κ1) is 15.9. The van der Waals surface area contributed by atoms with E-state index < -0.39 is 9.84 Å². The first-order valence-electron chi connectivity index (χ1n) is 7.77. The van der Waals surface area contributed by atoms with Gasteiger partial charge in [-0.2, -0.15) is 5.10 Å². The van der Waals surface area contributed by atoms with Crippen LogP contribution in [-0.4, -0.2) is 46.2 Å². The van der Waals surface area contributed by atoms with Gasteiger partial charge in [0.2, 0.25) is 0 Å². The summed E-state index contributed by atoms with van der Waals surface area (Å²) in [7, 11) is -2.90. The number of sulfone groups is 1. The van der Waals surface area contributed by atoms with Crippen LogP contribution in [0.4, 0.5) is 5.82 Å². The van der Waals surface area contributed by atoms with Gasteiger partial charge in [-0.25, -0.2) is 18.1 Å². The molecule has 1 aliphatic carbocycles. The number of hydrogen-bond acceptors (Lipinski definition) is 6. The van der Waals surface area contributed by atoms with Crippen molar-refractivity contribution in [3.8, 4) is 5.82 Å². The van der Waals surface area contributed by atoms with Crippen molar-refractivity contribution in [1.82, 2.24) is 19.7 Å². The van der Waals surface area contributed by atoms with Crippen LogP contribution in [0.25, 0.3) is 5.82 Å². The predicted molar refractivity (Wildman–Crippen MR) is 88.2 cm³/mol. The summed E-state index contributed by atoms with van der Waals surface area (Å²) in [5, 5.41) is 7.28. The van der Waals surface area contributed by atoms with E-state index in [1.54, 1.807) is 23.3 Å². The van der Waals surface area contributed by atoms with Gasteiger partial charge in [0.15, 0.2) is 5.82 Å². The Hall–Kier alpha value is -1.96. The van der Waals surface area contributed by atoms with Gasteiger partial charge in [0.1, 0.15) is 15.7 Å². The normalized spacial score (nSPS) is 22.0. The second-order valence-corrected chi connectivity index (χ2v) is 8.39. The van der Waals surface area contributed by atoms with Crippen LogP contribution >= 0.6 is 0 Å². The monoisotopic (exact) mass is 335 g/mol. The first-order valence-corrected chi connectivity index (χ1v) is 9.72. The van der Waals surface area contributed by atoms with Gasteiger partial charge in [-0.15, -0.1) is 0 Å². The summed E-state index contributed by atoms with van der Waals surface area (Å²) in [6.07, 6.45) is 11.6. The molecular formula is C15H21N5O2S. The average Bonchev–Trinajstić information content (AvgIpc) is 3.07. The number of nitrogens with one attached hydrogen (secondary N) is 1. The molecule has 0 aliphatic heterocycles. The maximum absolute atomic E-state index is 11.6. The topological polar surface area (TPSA) is 89.8 Å². The van der Waals surface area contributed by atoms with Crippen LogP contribution < -0.4 is 5.32 Å². The molecule has 0 spiro atoms. The molecule has 0 unspecified atom stereocenters. The zero-order valence-electron chi connectivity index (χ0n) is 13.1. The third-order valence-electron chi connectivity index (χ3n) is 4.33. The van der Waals surface area contributed by atoms with Crippen molar-refractivity contribution in [2.45, 2.75) is 30.9 Å². The molecule has 7 nitrogen and oxygen atoms in total. The van der Waals surface area contributed by atoms with Gasteiger partial charge in [-0.05, 0) is 37.7 Å². The summed E-state index contributed by atoms with van der Waals surface area (Å²) in [5.74, 6) is 1.85. The summed E-state index contributed by atoms with van der Waals surface area (Å²) in [6, 6.07) is 1.84. The van der Waals surface area contributed by atoms with Crippen LogP contribution in [0.1, 0.15) is 25.7 Å². The molecular weight excluding hydrogens is 314 g/mol. The fraction of sp³-hybridized carbons (Fsp3) is 0.533. The number of hydrogen-bond donors (Lipinski definition) is 1. The zero-order chi connectivity index (χ0) is 16.3. The fourth-order valence-electron chi connectivity index (χ4n) is 2.97. The van der Waals surface area contributed by atoms with Crippen molar-refractivity contribution in [2.75, 3.05) is 18.1 Å². The van der Waals surface area contributed by atoms with Gasteiger partial charge < -0.3 is 5.32 Å². The highest BCUT2D eigenvalue weighted by molar-refractivity contribution is 7.91. The van der Waals surface area contributed by atoms with Gasteiger partial charge >= 0.3 is 0 Å². The summed E-state index contributed by atoms with van der Waals surface area (Å²) >= 11 is 0. The second-order valence-electron chi connectivity index (χ2n) is 6.07. The van der Waals surface area contributed by atoms with Gasteiger partial charge in [0.05, 0.1) is 17.6 Å². The van der Waals surface area contributed by atoms with Crippen LogP contribution in [0.2, 0.25) is 0 Å². The third kappa shape index (κ3) is 4.07. The molecule has 0 saturated heterocycles. The molecule has 2 aromatic rings. The largest absolute Gasteiger partial charge is 0.368 e. The van der Waals surface area contributed by atoms with E-state index in [0.717, 1.165) is 32.2 Å². The summed E-state index contributed by atoms with van der Waals surface area (Å²) < 4.78 is 24.8. The molecule has 3 rings (SSSR count). The van der Waals surface area contributed by atoms with E-state index in [1.165, 1.54) is 6.26 Å². The Balaban J connectivity index is 1.55. The summed E-state index contributed by atoms with van der Waals surface area (Å²) in [5.41, 5.74) is 0. The Bertz CT molecular complexity index is 737. The highest BCUT2D eigenvalue weighted by Crippen LogP contribution is 2.28. The van der Waals surface area contributed by atoms with Crippen molar-refractivity contribution in [2.24, 2.45) is 5.92 Å². The highest BCUT2D eigenvalue weighted by Gasteiger charge is 2.27. The quantitative estimate of drug-likeness (QED) is 0.894. The number of anilines is 1. The van der Waals surface area contributed by atoms with Crippen molar-refractivity contribution < 1.29 is 8.42 Å². The van der Waals surface area contributed by atoms with Crippen molar-refractivity contribution in [3.63, 3.8) is 0 Å². The maximum atomic E-state index is 11.6. The van der Waals surface area contributed by atoms with Gasteiger partial charge in [0.25, 0.3) is 0 Å². The van der Waals surface area contributed by atoms with Crippen LogP contribution in [0, 0.1) is 5.92 Å². The lowest BCUT2D eigenvalue weighted by Gasteiger charge is -2.27. The van der Waals surface area contributed by atoms with Crippen molar-refractivity contribution in [1.29, 1.82) is 0 Å².